The van der Waals surface area contributed by atoms with Crippen molar-refractivity contribution in [2.45, 2.75) is 0 Å². The second-order valence-corrected chi connectivity index (χ2v) is 1.71. The summed E-state index contributed by atoms with van der Waals surface area (Å²) in [6.07, 6.45) is 7.49. The van der Waals surface area contributed by atoms with E-state index in [2.05, 4.69) is 10.4 Å². The van der Waals surface area contributed by atoms with E-state index in [1.165, 1.54) is 0 Å². The molecule has 0 aliphatic carbocycles. The zero-order valence-electron chi connectivity index (χ0n) is 5.04. The molecule has 3 heteroatoms. The van der Waals surface area contributed by atoms with Crippen LogP contribution in [0.1, 0.15) is 0 Å². The number of dihydropyridines is 1. The van der Waals surface area contributed by atoms with Gasteiger partial charge in [0.25, 0.3) is 0 Å². The molecule has 0 amide bonds. The summed E-state index contributed by atoms with van der Waals surface area (Å²) >= 11 is 0. The van der Waals surface area contributed by atoms with Gasteiger partial charge in [0, 0.05) is 6.54 Å². The highest BCUT2D eigenvalue weighted by molar-refractivity contribution is 5.78. The van der Waals surface area contributed by atoms with Gasteiger partial charge in [-0.05, 0) is 6.08 Å². The first-order valence-corrected chi connectivity index (χ1v) is 2.77. The fraction of sp³-hybridized carbons (Fsp3) is 0.167. The second kappa shape index (κ2) is 2.91. The van der Waals surface area contributed by atoms with Crippen molar-refractivity contribution in [1.82, 2.24) is 5.32 Å². The van der Waals surface area contributed by atoms with Crippen molar-refractivity contribution in [3.05, 3.63) is 23.9 Å². The summed E-state index contributed by atoms with van der Waals surface area (Å²) in [6.45, 7) is 0.859. The summed E-state index contributed by atoms with van der Waals surface area (Å²) in [5, 5.41) is 6.43. The molecule has 0 aromatic heterocycles. The van der Waals surface area contributed by atoms with Crippen LogP contribution in [-0.2, 0) is 0 Å². The Morgan fingerprint density at radius 1 is 1.78 bits per heavy atom. The predicted molar refractivity (Wildman–Crippen MR) is 37.9 cm³/mol. The van der Waals surface area contributed by atoms with Crippen LogP contribution >= 0.6 is 0 Å². The number of rotatable bonds is 1. The summed E-state index contributed by atoms with van der Waals surface area (Å²) in [6, 6.07) is 0. The highest BCUT2D eigenvalue weighted by atomic mass is 15.1. The second-order valence-electron chi connectivity index (χ2n) is 1.71. The van der Waals surface area contributed by atoms with E-state index < -0.39 is 0 Å². The molecule has 0 radical (unpaired) electrons. The van der Waals surface area contributed by atoms with E-state index in [-0.39, 0.29) is 0 Å². The number of hydrogen-bond acceptors (Lipinski definition) is 3. The molecule has 0 fully saturated rings. The van der Waals surface area contributed by atoms with Gasteiger partial charge in [-0.2, -0.15) is 5.10 Å². The first-order valence-electron chi connectivity index (χ1n) is 2.77. The molecule has 3 N–H and O–H groups in total. The average molecular weight is 123 g/mol. The van der Waals surface area contributed by atoms with Crippen molar-refractivity contribution in [2.24, 2.45) is 10.9 Å². The Kier molecular flexibility index (Phi) is 1.90. The lowest BCUT2D eigenvalue weighted by atomic mass is 10.3. The van der Waals surface area contributed by atoms with Crippen LogP contribution in [0.25, 0.3) is 0 Å². The van der Waals surface area contributed by atoms with Gasteiger partial charge in [-0.1, -0.05) is 12.2 Å². The van der Waals surface area contributed by atoms with Crippen molar-refractivity contribution in [3.8, 4) is 0 Å². The lowest BCUT2D eigenvalue weighted by Crippen LogP contribution is -2.16. The van der Waals surface area contributed by atoms with Crippen LogP contribution in [0.5, 0.6) is 0 Å². The largest absolute Gasteiger partial charge is 0.380 e. The SMILES string of the molecule is N/N=C/C1=CC=CCN1. The van der Waals surface area contributed by atoms with Crippen molar-refractivity contribution in [2.75, 3.05) is 6.54 Å². The summed E-state index contributed by atoms with van der Waals surface area (Å²) in [4.78, 5) is 0. The number of allylic oxidation sites excluding steroid dienone is 3. The molecule has 0 aromatic carbocycles. The van der Waals surface area contributed by atoms with Gasteiger partial charge in [0.15, 0.2) is 0 Å². The molecule has 3 nitrogen and oxygen atoms in total. The Balaban J connectivity index is 2.57. The van der Waals surface area contributed by atoms with E-state index in [9.17, 15) is 0 Å². The van der Waals surface area contributed by atoms with Crippen LogP contribution in [0.15, 0.2) is 29.0 Å². The quantitative estimate of drug-likeness (QED) is 0.292. The van der Waals surface area contributed by atoms with Gasteiger partial charge in [0.1, 0.15) is 0 Å². The van der Waals surface area contributed by atoms with E-state index >= 15 is 0 Å². The molecule has 0 bridgehead atoms. The van der Waals surface area contributed by atoms with E-state index in [1.54, 1.807) is 6.21 Å². The van der Waals surface area contributed by atoms with E-state index in [0.29, 0.717) is 0 Å². The monoisotopic (exact) mass is 123 g/mol. The van der Waals surface area contributed by atoms with Gasteiger partial charge < -0.3 is 11.2 Å². The number of nitrogens with one attached hydrogen (secondary N) is 1. The van der Waals surface area contributed by atoms with Crippen molar-refractivity contribution in [1.29, 1.82) is 0 Å². The molecule has 48 valence electrons. The minimum atomic E-state index is 0.859. The van der Waals surface area contributed by atoms with Gasteiger partial charge in [-0.3, -0.25) is 0 Å². The van der Waals surface area contributed by atoms with Crippen molar-refractivity contribution >= 4 is 6.21 Å². The molecule has 0 aromatic rings. The molecule has 0 atom stereocenters. The molecule has 0 saturated heterocycles. The number of hydrogen-bond donors (Lipinski definition) is 2. The van der Waals surface area contributed by atoms with Crippen molar-refractivity contribution < 1.29 is 0 Å². The van der Waals surface area contributed by atoms with Gasteiger partial charge in [-0.25, -0.2) is 0 Å². The molecule has 1 heterocycles. The van der Waals surface area contributed by atoms with E-state index in [4.69, 9.17) is 5.84 Å². The summed E-state index contributed by atoms with van der Waals surface area (Å²) in [5.74, 6) is 4.92. The first-order chi connectivity index (χ1) is 4.43. The van der Waals surface area contributed by atoms with Crippen LogP contribution < -0.4 is 11.2 Å². The van der Waals surface area contributed by atoms with Crippen LogP contribution in [0.4, 0.5) is 0 Å². The molecule has 1 aliphatic heterocycles. The maximum atomic E-state index is 4.92. The zero-order valence-corrected chi connectivity index (χ0v) is 5.04. The fourth-order valence-electron chi connectivity index (χ4n) is 0.644. The topological polar surface area (TPSA) is 50.4 Å². The lowest BCUT2D eigenvalue weighted by molar-refractivity contribution is 0.938. The molecule has 1 aliphatic rings. The predicted octanol–water partition coefficient (Wildman–Crippen LogP) is -0.0258. The summed E-state index contributed by atoms with van der Waals surface area (Å²) in [5.41, 5.74) is 0.958. The van der Waals surface area contributed by atoms with Crippen LogP contribution in [0.2, 0.25) is 0 Å². The molecule has 0 saturated carbocycles. The molecule has 9 heavy (non-hydrogen) atoms. The normalized spacial score (nSPS) is 17.6. The minimum Gasteiger partial charge on any atom is -0.380 e. The molecule has 1 rings (SSSR count). The third-order valence-electron chi connectivity index (χ3n) is 1.05. The fourth-order valence-corrected chi connectivity index (χ4v) is 0.644. The highest BCUT2D eigenvalue weighted by Gasteiger charge is 1.90. The number of nitrogens with two attached hydrogens (primary N) is 1. The standard InChI is InChI=1S/C6H9N3/c7-9-5-6-3-1-2-4-8-6/h1-3,5,8H,4,7H2/b9-5+. The molecule has 0 unspecified atom stereocenters. The van der Waals surface area contributed by atoms with Crippen LogP contribution in [-0.4, -0.2) is 12.8 Å². The Morgan fingerprint density at radius 2 is 2.67 bits per heavy atom. The number of hydrazone groups is 1. The summed E-state index contributed by atoms with van der Waals surface area (Å²) in [7, 11) is 0. The van der Waals surface area contributed by atoms with Gasteiger partial charge in [0.05, 0.1) is 11.9 Å². The molecular weight excluding hydrogens is 114 g/mol. The molecule has 0 spiro atoms. The third-order valence-corrected chi connectivity index (χ3v) is 1.05. The lowest BCUT2D eigenvalue weighted by Gasteiger charge is -2.04. The van der Waals surface area contributed by atoms with Gasteiger partial charge in [0.2, 0.25) is 0 Å². The van der Waals surface area contributed by atoms with Gasteiger partial charge in [-0.15, -0.1) is 0 Å². The van der Waals surface area contributed by atoms with E-state index in [0.717, 1.165) is 12.2 Å². The zero-order chi connectivity index (χ0) is 6.53. The third kappa shape index (κ3) is 1.60. The Hall–Kier alpha value is -1.25. The Bertz CT molecular complexity index is 167. The smallest absolute Gasteiger partial charge is 0.0697 e. The van der Waals surface area contributed by atoms with Crippen molar-refractivity contribution in [3.63, 3.8) is 0 Å². The van der Waals surface area contributed by atoms with E-state index in [1.807, 2.05) is 18.2 Å². The maximum Gasteiger partial charge on any atom is 0.0697 e. The Labute approximate surface area is 53.9 Å². The molecular formula is C6H9N3. The average Bonchev–Trinajstić information content (AvgIpc) is 1.91. The number of nitrogens with zero attached hydrogens (tertiary/aromatic N) is 1. The Morgan fingerprint density at radius 3 is 3.22 bits per heavy atom. The summed E-state index contributed by atoms with van der Waals surface area (Å²) < 4.78 is 0. The first kappa shape index (κ1) is 5.88. The van der Waals surface area contributed by atoms with Gasteiger partial charge >= 0.3 is 0 Å². The highest BCUT2D eigenvalue weighted by Crippen LogP contribution is 1.90. The minimum absolute atomic E-state index is 0.859. The van der Waals surface area contributed by atoms with Crippen LogP contribution in [0.3, 0.4) is 0 Å². The maximum absolute atomic E-state index is 4.92. The van der Waals surface area contributed by atoms with Crippen LogP contribution in [0, 0.1) is 0 Å².